The number of benzene rings is 1. The summed E-state index contributed by atoms with van der Waals surface area (Å²) < 4.78 is 42.3. The van der Waals surface area contributed by atoms with Crippen LogP contribution in [-0.4, -0.2) is 33.9 Å². The Bertz CT molecular complexity index is 1510. The number of halogens is 2. The van der Waals surface area contributed by atoms with Gasteiger partial charge in [0, 0.05) is 11.8 Å². The number of aromatic nitrogens is 4. The first-order valence-electron chi connectivity index (χ1n) is 9.90. The van der Waals surface area contributed by atoms with Crippen molar-refractivity contribution in [3.05, 3.63) is 78.5 Å². The van der Waals surface area contributed by atoms with Gasteiger partial charge in [0.2, 0.25) is 5.91 Å². The van der Waals surface area contributed by atoms with Crippen LogP contribution in [-0.2, 0) is 14.8 Å². The van der Waals surface area contributed by atoms with Gasteiger partial charge in [0.25, 0.3) is 10.0 Å². The second-order valence-corrected chi connectivity index (χ2v) is 9.32. The Kier molecular flexibility index (Phi) is 6.31. The molecule has 3 aromatic heterocycles. The molecule has 3 heterocycles. The fourth-order valence-corrected chi connectivity index (χ4v) is 4.18. The lowest BCUT2D eigenvalue weighted by Crippen LogP contribution is -2.18. The van der Waals surface area contributed by atoms with Crippen LogP contribution in [0.5, 0.6) is 0 Å². The molecule has 0 bridgehead atoms. The van der Waals surface area contributed by atoms with Crippen LogP contribution in [0.3, 0.4) is 0 Å². The first kappa shape index (κ1) is 23.3. The van der Waals surface area contributed by atoms with E-state index in [9.17, 15) is 17.6 Å². The molecule has 0 fully saturated rings. The van der Waals surface area contributed by atoms with Crippen molar-refractivity contribution in [1.29, 1.82) is 0 Å². The summed E-state index contributed by atoms with van der Waals surface area (Å²) in [7, 11) is -4.03. The van der Waals surface area contributed by atoms with Gasteiger partial charge in [-0.3, -0.25) is 9.52 Å². The Morgan fingerprint density at radius 3 is 2.68 bits per heavy atom. The quantitative estimate of drug-likeness (QED) is 0.291. The van der Waals surface area contributed by atoms with Crippen LogP contribution >= 0.6 is 11.6 Å². The van der Waals surface area contributed by atoms with E-state index in [1.807, 2.05) is 0 Å². The molecule has 0 aliphatic carbocycles. The Balaban J connectivity index is 1.62. The van der Waals surface area contributed by atoms with Gasteiger partial charge in [-0.1, -0.05) is 24.6 Å². The maximum Gasteiger partial charge on any atom is 0.261 e. The summed E-state index contributed by atoms with van der Waals surface area (Å²) in [4.78, 5) is 20.3. The number of amides is 1. The molecular formula is C22H18ClFN6O3S. The molecule has 0 spiro atoms. The Morgan fingerprint density at radius 2 is 1.97 bits per heavy atom. The molecule has 4 rings (SSSR count). The van der Waals surface area contributed by atoms with E-state index in [0.717, 1.165) is 24.3 Å². The Hall–Kier alpha value is -3.83. The molecule has 0 saturated carbocycles. The molecule has 2 N–H and O–H groups in total. The van der Waals surface area contributed by atoms with E-state index in [0.29, 0.717) is 22.7 Å². The number of rotatable bonds is 7. The first-order valence-corrected chi connectivity index (χ1v) is 11.8. The van der Waals surface area contributed by atoms with Crippen molar-refractivity contribution in [2.75, 3.05) is 10.0 Å². The van der Waals surface area contributed by atoms with Gasteiger partial charge in [0.15, 0.2) is 16.6 Å². The van der Waals surface area contributed by atoms with Gasteiger partial charge in [-0.15, -0.1) is 6.58 Å². The number of pyridine rings is 1. The summed E-state index contributed by atoms with van der Waals surface area (Å²) in [5, 5.41) is 7.07. The maximum atomic E-state index is 13.1. The molecule has 174 valence electrons. The predicted octanol–water partition coefficient (Wildman–Crippen LogP) is 4.15. The number of nitrogens with one attached hydrogen (secondary N) is 2. The minimum Gasteiger partial charge on any atom is -0.309 e. The molecule has 0 aliphatic heterocycles. The van der Waals surface area contributed by atoms with Crippen LogP contribution in [0.25, 0.3) is 16.9 Å². The second-order valence-electron chi connectivity index (χ2n) is 7.28. The molecule has 0 aliphatic rings. The first-order chi connectivity index (χ1) is 16.2. The standard InChI is InChI=1S/C22H18ClFN6O3S/c1-3-13(2)22(31)27-19-12-30-20(26-19)9-8-17(28-30)14-10-18(21(23)25-11-14)29-34(32,33)16-6-4-15(24)5-7-16/h3-13,29H,1H2,2H3,(H,27,31)/t13-/m1/s1. The van der Waals surface area contributed by atoms with Crippen LogP contribution in [0, 0.1) is 11.7 Å². The summed E-state index contributed by atoms with van der Waals surface area (Å²) in [6.45, 7) is 5.31. The van der Waals surface area contributed by atoms with Gasteiger partial charge >= 0.3 is 0 Å². The molecule has 34 heavy (non-hydrogen) atoms. The van der Waals surface area contributed by atoms with Gasteiger partial charge in [-0.25, -0.2) is 27.3 Å². The van der Waals surface area contributed by atoms with Gasteiger partial charge in [0.1, 0.15) is 5.82 Å². The molecule has 4 aromatic rings. The maximum absolute atomic E-state index is 13.1. The molecular weight excluding hydrogens is 483 g/mol. The highest BCUT2D eigenvalue weighted by molar-refractivity contribution is 7.92. The molecule has 0 saturated heterocycles. The number of hydrogen-bond donors (Lipinski definition) is 2. The summed E-state index contributed by atoms with van der Waals surface area (Å²) in [6.07, 6.45) is 4.52. The molecule has 1 aromatic carbocycles. The SMILES string of the molecule is C=C[C@@H](C)C(=O)Nc1cn2nc(-c3cnc(Cl)c(NS(=O)(=O)c4ccc(F)cc4)c3)ccc2n1. The third-order valence-corrected chi connectivity index (χ3v) is 6.52. The van der Waals surface area contributed by atoms with Gasteiger partial charge in [-0.2, -0.15) is 5.10 Å². The van der Waals surface area contributed by atoms with Crippen molar-refractivity contribution in [2.24, 2.45) is 5.92 Å². The highest BCUT2D eigenvalue weighted by Gasteiger charge is 2.18. The number of anilines is 2. The predicted molar refractivity (Wildman–Crippen MR) is 126 cm³/mol. The van der Waals surface area contributed by atoms with E-state index < -0.39 is 15.8 Å². The van der Waals surface area contributed by atoms with Crippen LogP contribution in [0.15, 0.2) is 72.4 Å². The zero-order chi connectivity index (χ0) is 24.5. The molecule has 1 amide bonds. The van der Waals surface area contributed by atoms with Crippen molar-refractivity contribution in [3.63, 3.8) is 0 Å². The molecule has 9 nitrogen and oxygen atoms in total. The lowest BCUT2D eigenvalue weighted by molar-refractivity contribution is -0.118. The molecule has 12 heteroatoms. The number of sulfonamides is 1. The van der Waals surface area contributed by atoms with Gasteiger partial charge in [-0.05, 0) is 42.5 Å². The number of fused-ring (bicyclic) bond motifs is 1. The lowest BCUT2D eigenvalue weighted by Gasteiger charge is -2.11. The van der Waals surface area contributed by atoms with Crippen molar-refractivity contribution in [3.8, 4) is 11.3 Å². The second kappa shape index (κ2) is 9.20. The summed E-state index contributed by atoms with van der Waals surface area (Å²) >= 11 is 6.11. The van der Waals surface area contributed by atoms with Crippen LogP contribution in [0.4, 0.5) is 15.9 Å². The van der Waals surface area contributed by atoms with Crippen LogP contribution in [0.2, 0.25) is 5.15 Å². The van der Waals surface area contributed by atoms with E-state index in [4.69, 9.17) is 11.6 Å². The number of imidazole rings is 1. The highest BCUT2D eigenvalue weighted by Crippen LogP contribution is 2.28. The third kappa shape index (κ3) is 4.90. The van der Waals surface area contributed by atoms with Gasteiger partial charge in [0.05, 0.1) is 28.4 Å². The van der Waals surface area contributed by atoms with Crippen molar-refractivity contribution < 1.29 is 17.6 Å². The molecule has 0 unspecified atom stereocenters. The van der Waals surface area contributed by atoms with E-state index in [1.54, 1.807) is 25.3 Å². The zero-order valence-corrected chi connectivity index (χ0v) is 19.3. The normalized spacial score (nSPS) is 12.3. The summed E-state index contributed by atoms with van der Waals surface area (Å²) in [6, 6.07) is 9.21. The number of hydrogen-bond acceptors (Lipinski definition) is 6. The number of nitrogens with zero attached hydrogens (tertiary/aromatic N) is 4. The minimum absolute atomic E-state index is 0.0300. The average Bonchev–Trinajstić information content (AvgIpc) is 3.21. The van der Waals surface area contributed by atoms with Crippen LogP contribution in [0.1, 0.15) is 6.92 Å². The zero-order valence-electron chi connectivity index (χ0n) is 17.7. The van der Waals surface area contributed by atoms with E-state index in [-0.39, 0.29) is 27.6 Å². The summed E-state index contributed by atoms with van der Waals surface area (Å²) in [5.41, 5.74) is 1.45. The fourth-order valence-electron chi connectivity index (χ4n) is 2.92. The topological polar surface area (TPSA) is 118 Å². The molecule has 0 radical (unpaired) electrons. The van der Waals surface area contributed by atoms with Gasteiger partial charge < -0.3 is 5.32 Å². The highest BCUT2D eigenvalue weighted by atomic mass is 35.5. The minimum atomic E-state index is -4.03. The summed E-state index contributed by atoms with van der Waals surface area (Å²) in [5.74, 6) is -0.867. The fraction of sp³-hybridized carbons (Fsp3) is 0.0909. The van der Waals surface area contributed by atoms with E-state index >= 15 is 0 Å². The largest absolute Gasteiger partial charge is 0.309 e. The Labute approximate surface area is 199 Å². The smallest absolute Gasteiger partial charge is 0.261 e. The van der Waals surface area contributed by atoms with Crippen molar-refractivity contribution >= 4 is 44.7 Å². The average molecular weight is 501 g/mol. The van der Waals surface area contributed by atoms with Crippen LogP contribution < -0.4 is 10.0 Å². The number of carbonyl (C=O) groups excluding carboxylic acids is 1. The van der Waals surface area contributed by atoms with Crippen molar-refractivity contribution in [2.45, 2.75) is 11.8 Å². The molecule has 1 atom stereocenters. The monoisotopic (exact) mass is 500 g/mol. The van der Waals surface area contributed by atoms with E-state index in [2.05, 4.69) is 31.7 Å². The van der Waals surface area contributed by atoms with Crippen molar-refractivity contribution in [1.82, 2.24) is 19.6 Å². The number of carbonyl (C=O) groups is 1. The Morgan fingerprint density at radius 1 is 1.24 bits per heavy atom. The lowest BCUT2D eigenvalue weighted by atomic mass is 10.2. The van der Waals surface area contributed by atoms with E-state index in [1.165, 1.54) is 22.9 Å². The third-order valence-electron chi connectivity index (χ3n) is 4.84.